The number of carboxylic acids is 1. The number of benzene rings is 1. The topological polar surface area (TPSA) is 71.9 Å². The number of hydrogen-bond donors (Lipinski definition) is 1. The Morgan fingerprint density at radius 2 is 2.00 bits per heavy atom. The highest BCUT2D eigenvalue weighted by Crippen LogP contribution is 2.34. The number of halogens is 5. The molecule has 29 heavy (non-hydrogen) atoms. The largest absolute Gasteiger partial charge is 0.478 e. The van der Waals surface area contributed by atoms with Crippen LogP contribution in [0.1, 0.15) is 22.5 Å². The van der Waals surface area contributed by atoms with E-state index in [9.17, 15) is 26.7 Å². The lowest BCUT2D eigenvalue weighted by Gasteiger charge is -2.26. The fraction of sp³-hybridized carbons (Fsp3) is 0.412. The van der Waals surface area contributed by atoms with Crippen LogP contribution in [0.5, 0.6) is 5.19 Å². The van der Waals surface area contributed by atoms with Gasteiger partial charge in [0.2, 0.25) is 0 Å². The summed E-state index contributed by atoms with van der Waals surface area (Å²) in [6.45, 7) is -3.12. The van der Waals surface area contributed by atoms with Crippen molar-refractivity contribution in [2.75, 3.05) is 18.1 Å². The maximum atomic E-state index is 12.7. The summed E-state index contributed by atoms with van der Waals surface area (Å²) in [4.78, 5) is 16.1. The van der Waals surface area contributed by atoms with E-state index in [1.165, 1.54) is 24.3 Å². The lowest BCUT2D eigenvalue weighted by atomic mass is 10.1. The van der Waals surface area contributed by atoms with Gasteiger partial charge in [-0.15, -0.1) is 0 Å². The molecule has 3 rings (SSSR count). The van der Waals surface area contributed by atoms with Gasteiger partial charge in [-0.3, -0.25) is 0 Å². The molecule has 158 valence electrons. The molecule has 1 fully saturated rings. The molecule has 0 radical (unpaired) electrons. The maximum Gasteiger partial charge on any atom is 0.434 e. The average Bonchev–Trinajstić information content (AvgIpc) is 3.27. The molecular formula is C17H15F5N2O4S. The highest BCUT2D eigenvalue weighted by Gasteiger charge is 2.37. The minimum absolute atomic E-state index is 0.0589. The summed E-state index contributed by atoms with van der Waals surface area (Å²) in [5, 5.41) is 9.65. The summed E-state index contributed by atoms with van der Waals surface area (Å²) in [6.07, 6.45) is -4.97. The molecule has 6 nitrogen and oxygen atoms in total. The Bertz CT molecular complexity index is 843. The molecule has 2 heterocycles. The number of nitrogens with zero attached hydrogens (tertiary/aromatic N) is 2. The lowest BCUT2D eigenvalue weighted by molar-refractivity contribution is -0.141. The van der Waals surface area contributed by atoms with Gasteiger partial charge in [0, 0.05) is 17.5 Å². The van der Waals surface area contributed by atoms with E-state index >= 15 is 0 Å². The normalized spacial score (nSPS) is 19.7. The van der Waals surface area contributed by atoms with E-state index in [-0.39, 0.29) is 30.3 Å². The molecule has 0 bridgehead atoms. The van der Waals surface area contributed by atoms with Crippen LogP contribution in [0.4, 0.5) is 27.6 Å². The van der Waals surface area contributed by atoms with Gasteiger partial charge in [-0.25, -0.2) is 4.79 Å². The quantitative estimate of drug-likeness (QED) is 0.656. The van der Waals surface area contributed by atoms with Gasteiger partial charge in [0.1, 0.15) is 6.10 Å². The lowest BCUT2D eigenvalue weighted by Crippen LogP contribution is -2.34. The zero-order chi connectivity index (χ0) is 21.2. The predicted molar refractivity (Wildman–Crippen MR) is 92.6 cm³/mol. The fourth-order valence-electron chi connectivity index (χ4n) is 3.00. The van der Waals surface area contributed by atoms with Gasteiger partial charge in [-0.2, -0.15) is 26.9 Å². The summed E-state index contributed by atoms with van der Waals surface area (Å²) in [6, 6.07) is 5.24. The van der Waals surface area contributed by atoms with E-state index in [1.54, 1.807) is 4.90 Å². The van der Waals surface area contributed by atoms with Gasteiger partial charge >= 0.3 is 18.8 Å². The van der Waals surface area contributed by atoms with Crippen molar-refractivity contribution in [1.82, 2.24) is 4.98 Å². The number of carboxylic acid groups (broad SMARTS) is 1. The number of alkyl halides is 5. The van der Waals surface area contributed by atoms with Crippen LogP contribution < -0.4 is 9.64 Å². The van der Waals surface area contributed by atoms with Gasteiger partial charge in [-0.05, 0) is 24.3 Å². The van der Waals surface area contributed by atoms with E-state index in [0.717, 1.165) is 5.38 Å². The molecule has 2 atom stereocenters. The highest BCUT2D eigenvalue weighted by atomic mass is 32.1. The van der Waals surface area contributed by atoms with Crippen molar-refractivity contribution in [3.63, 3.8) is 0 Å². The van der Waals surface area contributed by atoms with Gasteiger partial charge in [0.05, 0.1) is 24.8 Å². The van der Waals surface area contributed by atoms with Crippen molar-refractivity contribution in [3.05, 3.63) is 40.9 Å². The van der Waals surface area contributed by atoms with Crippen molar-refractivity contribution in [3.8, 4) is 5.19 Å². The number of carbonyl (C=O) groups is 1. The first-order valence-corrected chi connectivity index (χ1v) is 9.20. The number of thiazole rings is 1. The number of hydrogen-bond acceptors (Lipinski definition) is 6. The van der Waals surface area contributed by atoms with Crippen LogP contribution in [-0.2, 0) is 10.9 Å². The van der Waals surface area contributed by atoms with E-state index < -0.39 is 36.6 Å². The predicted octanol–water partition coefficient (Wildman–Crippen LogP) is 4.13. The minimum atomic E-state index is -4.58. The number of ether oxygens (including phenoxy) is 2. The second-order valence-corrected chi connectivity index (χ2v) is 7.04. The van der Waals surface area contributed by atoms with Gasteiger partial charge in [0.15, 0.2) is 5.69 Å². The molecule has 1 aromatic heterocycles. The zero-order valence-corrected chi connectivity index (χ0v) is 15.4. The summed E-state index contributed by atoms with van der Waals surface area (Å²) in [5.74, 6) is -1.11. The van der Waals surface area contributed by atoms with Crippen molar-refractivity contribution >= 4 is 23.0 Å². The van der Waals surface area contributed by atoms with E-state index in [0.29, 0.717) is 17.0 Å². The SMILES string of the molecule is O=C(O)c1ccc(N2C[C@@H](Oc3nc(C(F)(F)F)cs3)C[C@H]2COC(F)F)cc1. The smallest absolute Gasteiger partial charge is 0.434 e. The van der Waals surface area contributed by atoms with Crippen molar-refractivity contribution in [2.45, 2.75) is 31.4 Å². The molecular weight excluding hydrogens is 423 g/mol. The van der Waals surface area contributed by atoms with E-state index in [1.807, 2.05) is 0 Å². The minimum Gasteiger partial charge on any atom is -0.478 e. The first kappa shape index (κ1) is 21.2. The van der Waals surface area contributed by atoms with Crippen LogP contribution in [0.25, 0.3) is 0 Å². The van der Waals surface area contributed by atoms with E-state index in [2.05, 4.69) is 9.72 Å². The molecule has 1 aromatic carbocycles. The Kier molecular flexibility index (Phi) is 6.22. The molecule has 0 saturated carbocycles. The highest BCUT2D eigenvalue weighted by molar-refractivity contribution is 7.11. The third-order valence-electron chi connectivity index (χ3n) is 4.28. The molecule has 1 saturated heterocycles. The van der Waals surface area contributed by atoms with Crippen molar-refractivity contribution in [2.24, 2.45) is 0 Å². The molecule has 0 spiro atoms. The van der Waals surface area contributed by atoms with Crippen LogP contribution in [0, 0.1) is 0 Å². The van der Waals surface area contributed by atoms with Crippen LogP contribution in [0.3, 0.4) is 0 Å². The standard InChI is InChI=1S/C17H15F5N2O4S/c18-15(19)27-7-11-5-12(28-16-23-13(8-29-16)17(20,21)22)6-24(11)10-3-1-9(2-4-10)14(25)26/h1-4,8,11-12,15H,5-7H2,(H,25,26)/t11-,12-/m0/s1. The van der Waals surface area contributed by atoms with Crippen LogP contribution in [-0.4, -0.2) is 48.0 Å². The Hall–Kier alpha value is -2.47. The molecule has 0 amide bonds. The third kappa shape index (κ3) is 5.32. The molecule has 12 heteroatoms. The maximum absolute atomic E-state index is 12.7. The second kappa shape index (κ2) is 8.49. The Morgan fingerprint density at radius 3 is 2.55 bits per heavy atom. The molecule has 1 N–H and O–H groups in total. The summed E-state index contributed by atoms with van der Waals surface area (Å²) < 4.78 is 72.9. The van der Waals surface area contributed by atoms with Crippen LogP contribution in [0.15, 0.2) is 29.6 Å². The van der Waals surface area contributed by atoms with Crippen LogP contribution >= 0.6 is 11.3 Å². The number of aromatic carboxylic acids is 1. The Balaban J connectivity index is 1.74. The molecule has 2 aromatic rings. The monoisotopic (exact) mass is 438 g/mol. The summed E-state index contributed by atoms with van der Waals surface area (Å²) in [5.41, 5.74) is -0.447. The van der Waals surface area contributed by atoms with Gasteiger partial charge in [0.25, 0.3) is 5.19 Å². The number of aromatic nitrogens is 1. The molecule has 1 aliphatic heterocycles. The second-order valence-electron chi connectivity index (χ2n) is 6.22. The molecule has 0 aliphatic carbocycles. The Labute approximate surface area is 165 Å². The van der Waals surface area contributed by atoms with E-state index in [4.69, 9.17) is 9.84 Å². The molecule has 0 unspecified atom stereocenters. The first-order chi connectivity index (χ1) is 13.6. The average molecular weight is 438 g/mol. The summed E-state index contributed by atoms with van der Waals surface area (Å²) in [7, 11) is 0. The van der Waals surface area contributed by atoms with Crippen molar-refractivity contribution in [1.29, 1.82) is 0 Å². The van der Waals surface area contributed by atoms with Crippen molar-refractivity contribution < 1.29 is 41.3 Å². The third-order valence-corrected chi connectivity index (χ3v) is 5.01. The molecule has 1 aliphatic rings. The fourth-order valence-corrected chi connectivity index (χ4v) is 3.74. The number of rotatable bonds is 7. The van der Waals surface area contributed by atoms with Gasteiger partial charge < -0.3 is 19.5 Å². The Morgan fingerprint density at radius 1 is 1.31 bits per heavy atom. The van der Waals surface area contributed by atoms with Crippen LogP contribution in [0.2, 0.25) is 0 Å². The zero-order valence-electron chi connectivity index (χ0n) is 14.6. The van der Waals surface area contributed by atoms with Gasteiger partial charge in [-0.1, -0.05) is 11.3 Å². The summed E-state index contributed by atoms with van der Waals surface area (Å²) >= 11 is 0.697. The first-order valence-electron chi connectivity index (χ1n) is 8.32. The number of anilines is 1.